The zero-order valence-electron chi connectivity index (χ0n) is 10.2. The van der Waals surface area contributed by atoms with Crippen molar-refractivity contribution in [2.75, 3.05) is 6.61 Å². The first-order valence-corrected chi connectivity index (χ1v) is 6.80. The maximum Gasteiger partial charge on any atom is 0.126 e. The second kappa shape index (κ2) is 5.98. The van der Waals surface area contributed by atoms with E-state index < -0.39 is 0 Å². The molecule has 1 heterocycles. The van der Waals surface area contributed by atoms with Gasteiger partial charge in [0.25, 0.3) is 0 Å². The molecule has 0 aliphatic heterocycles. The Morgan fingerprint density at radius 2 is 2.22 bits per heavy atom. The molecule has 0 amide bonds. The molecular formula is C14H16FNOS. The monoisotopic (exact) mass is 265 g/mol. The Morgan fingerprint density at radius 3 is 2.89 bits per heavy atom. The van der Waals surface area contributed by atoms with E-state index in [0.717, 1.165) is 12.0 Å². The molecule has 2 rings (SSSR count). The number of thiophene rings is 1. The summed E-state index contributed by atoms with van der Waals surface area (Å²) < 4.78 is 18.8. The summed E-state index contributed by atoms with van der Waals surface area (Å²) >= 11 is 1.66. The average Bonchev–Trinajstić information content (AvgIpc) is 2.82. The highest BCUT2D eigenvalue weighted by atomic mass is 32.1. The van der Waals surface area contributed by atoms with Crippen LogP contribution in [-0.4, -0.2) is 6.61 Å². The highest BCUT2D eigenvalue weighted by molar-refractivity contribution is 7.07. The van der Waals surface area contributed by atoms with E-state index in [1.807, 2.05) is 12.3 Å². The Bertz CT molecular complexity index is 497. The minimum atomic E-state index is -0.301. The lowest BCUT2D eigenvalue weighted by molar-refractivity contribution is 0.315. The van der Waals surface area contributed by atoms with Crippen molar-refractivity contribution in [1.29, 1.82) is 0 Å². The fourth-order valence-corrected chi connectivity index (χ4v) is 2.43. The van der Waals surface area contributed by atoms with Crippen molar-refractivity contribution in [2.24, 2.45) is 5.73 Å². The highest BCUT2D eigenvalue weighted by Gasteiger charge is 2.09. The summed E-state index contributed by atoms with van der Waals surface area (Å²) in [6.45, 7) is 2.39. The summed E-state index contributed by atoms with van der Waals surface area (Å²) in [5, 5.41) is 4.12. The zero-order chi connectivity index (χ0) is 13.0. The summed E-state index contributed by atoms with van der Waals surface area (Å²) in [6.07, 6.45) is 0.818. The molecule has 4 heteroatoms. The van der Waals surface area contributed by atoms with Crippen LogP contribution in [0.4, 0.5) is 4.39 Å². The smallest absolute Gasteiger partial charge is 0.126 e. The number of nitrogens with two attached hydrogens (primary N) is 1. The van der Waals surface area contributed by atoms with Gasteiger partial charge in [-0.05, 0) is 35.4 Å². The number of benzene rings is 1. The topological polar surface area (TPSA) is 35.2 Å². The van der Waals surface area contributed by atoms with Gasteiger partial charge >= 0.3 is 0 Å². The third-order valence-electron chi connectivity index (χ3n) is 2.69. The third-order valence-corrected chi connectivity index (χ3v) is 3.43. The SMILES string of the molecule is CC(N)c1ccc(F)cc1OCCc1ccsc1. The zero-order valence-corrected chi connectivity index (χ0v) is 11.0. The van der Waals surface area contributed by atoms with Gasteiger partial charge < -0.3 is 10.5 Å². The normalized spacial score (nSPS) is 12.4. The van der Waals surface area contributed by atoms with E-state index >= 15 is 0 Å². The van der Waals surface area contributed by atoms with Crippen molar-refractivity contribution in [1.82, 2.24) is 0 Å². The first kappa shape index (κ1) is 13.1. The van der Waals surface area contributed by atoms with Crippen molar-refractivity contribution < 1.29 is 9.13 Å². The molecule has 1 unspecified atom stereocenters. The van der Waals surface area contributed by atoms with Gasteiger partial charge in [-0.3, -0.25) is 0 Å². The van der Waals surface area contributed by atoms with Gasteiger partial charge in [-0.15, -0.1) is 0 Å². The van der Waals surface area contributed by atoms with Crippen molar-refractivity contribution in [3.63, 3.8) is 0 Å². The standard InChI is InChI=1S/C14H16FNOS/c1-10(16)13-3-2-12(15)8-14(13)17-6-4-11-5-7-18-9-11/h2-3,5,7-10H,4,6,16H2,1H3. The molecule has 0 fully saturated rings. The second-order valence-electron chi connectivity index (χ2n) is 4.20. The molecule has 96 valence electrons. The summed E-state index contributed by atoms with van der Waals surface area (Å²) in [7, 11) is 0. The van der Waals surface area contributed by atoms with E-state index in [-0.39, 0.29) is 11.9 Å². The number of halogens is 1. The van der Waals surface area contributed by atoms with Crippen LogP contribution < -0.4 is 10.5 Å². The van der Waals surface area contributed by atoms with Gasteiger partial charge in [0.2, 0.25) is 0 Å². The van der Waals surface area contributed by atoms with Crippen LogP contribution in [0.15, 0.2) is 35.0 Å². The molecule has 1 aromatic heterocycles. The van der Waals surface area contributed by atoms with Crippen LogP contribution in [0.25, 0.3) is 0 Å². The Balaban J connectivity index is 2.01. The molecule has 2 nitrogen and oxygen atoms in total. The van der Waals surface area contributed by atoms with Gasteiger partial charge in [0.1, 0.15) is 11.6 Å². The van der Waals surface area contributed by atoms with Gasteiger partial charge in [0.15, 0.2) is 0 Å². The van der Waals surface area contributed by atoms with Gasteiger partial charge in [0.05, 0.1) is 6.61 Å². The Labute approximate surface area is 110 Å². The first-order valence-electron chi connectivity index (χ1n) is 5.85. The predicted octanol–water partition coefficient (Wildman–Crippen LogP) is 3.53. The maximum absolute atomic E-state index is 13.2. The van der Waals surface area contributed by atoms with Crippen LogP contribution in [0.5, 0.6) is 5.75 Å². The van der Waals surface area contributed by atoms with Crippen molar-refractivity contribution in [3.05, 3.63) is 52.0 Å². The molecule has 2 N–H and O–H groups in total. The molecule has 18 heavy (non-hydrogen) atoms. The number of rotatable bonds is 5. The Morgan fingerprint density at radius 1 is 1.39 bits per heavy atom. The lowest BCUT2D eigenvalue weighted by Gasteiger charge is -2.13. The van der Waals surface area contributed by atoms with Crippen molar-refractivity contribution in [2.45, 2.75) is 19.4 Å². The van der Waals surface area contributed by atoms with Crippen molar-refractivity contribution >= 4 is 11.3 Å². The molecule has 0 aliphatic carbocycles. The van der Waals surface area contributed by atoms with Gasteiger partial charge in [-0.2, -0.15) is 11.3 Å². The fraction of sp³-hybridized carbons (Fsp3) is 0.286. The van der Waals surface area contributed by atoms with Gasteiger partial charge in [0, 0.05) is 24.1 Å². The van der Waals surface area contributed by atoms with Crippen LogP contribution in [-0.2, 0) is 6.42 Å². The molecule has 1 aromatic carbocycles. The lowest BCUT2D eigenvalue weighted by atomic mass is 10.1. The molecule has 0 radical (unpaired) electrons. The van der Waals surface area contributed by atoms with Crippen LogP contribution in [0, 0.1) is 5.82 Å². The third kappa shape index (κ3) is 3.31. The van der Waals surface area contributed by atoms with Gasteiger partial charge in [-0.1, -0.05) is 6.07 Å². The van der Waals surface area contributed by atoms with Crippen LogP contribution in [0.3, 0.4) is 0 Å². The Hall–Kier alpha value is -1.39. The summed E-state index contributed by atoms with van der Waals surface area (Å²) in [4.78, 5) is 0. The van der Waals surface area contributed by atoms with Crippen LogP contribution >= 0.6 is 11.3 Å². The van der Waals surface area contributed by atoms with E-state index in [2.05, 4.69) is 11.4 Å². The first-order chi connectivity index (χ1) is 8.66. The van der Waals surface area contributed by atoms with E-state index in [1.165, 1.54) is 17.7 Å². The summed E-state index contributed by atoms with van der Waals surface area (Å²) in [5.41, 5.74) is 7.90. The van der Waals surface area contributed by atoms with Crippen LogP contribution in [0.1, 0.15) is 24.1 Å². The number of ether oxygens (including phenoxy) is 1. The lowest BCUT2D eigenvalue weighted by Crippen LogP contribution is -2.09. The minimum absolute atomic E-state index is 0.165. The molecule has 0 aliphatic rings. The van der Waals surface area contributed by atoms with E-state index in [4.69, 9.17) is 10.5 Å². The molecule has 0 saturated carbocycles. The summed E-state index contributed by atoms with van der Waals surface area (Å²) in [6, 6.07) is 6.38. The summed E-state index contributed by atoms with van der Waals surface area (Å²) in [5.74, 6) is 0.241. The maximum atomic E-state index is 13.2. The van der Waals surface area contributed by atoms with Gasteiger partial charge in [-0.25, -0.2) is 4.39 Å². The predicted molar refractivity (Wildman–Crippen MR) is 72.5 cm³/mol. The van der Waals surface area contributed by atoms with Crippen molar-refractivity contribution in [3.8, 4) is 5.75 Å². The van der Waals surface area contributed by atoms with Crippen LogP contribution in [0.2, 0.25) is 0 Å². The van der Waals surface area contributed by atoms with E-state index in [0.29, 0.717) is 12.4 Å². The largest absolute Gasteiger partial charge is 0.493 e. The number of hydrogen-bond acceptors (Lipinski definition) is 3. The van der Waals surface area contributed by atoms with E-state index in [1.54, 1.807) is 17.4 Å². The Kier molecular flexibility index (Phi) is 4.33. The quantitative estimate of drug-likeness (QED) is 0.897. The molecule has 1 atom stereocenters. The molecular weight excluding hydrogens is 249 g/mol. The minimum Gasteiger partial charge on any atom is -0.493 e. The van der Waals surface area contributed by atoms with E-state index in [9.17, 15) is 4.39 Å². The molecule has 0 bridgehead atoms. The highest BCUT2D eigenvalue weighted by Crippen LogP contribution is 2.25. The average molecular weight is 265 g/mol. The second-order valence-corrected chi connectivity index (χ2v) is 4.98. The molecule has 0 saturated heterocycles. The molecule has 2 aromatic rings. The number of hydrogen-bond donors (Lipinski definition) is 1. The fourth-order valence-electron chi connectivity index (χ4n) is 1.72. The molecule has 0 spiro atoms.